The van der Waals surface area contributed by atoms with E-state index in [2.05, 4.69) is 9.05 Å². The molecule has 0 aliphatic heterocycles. The van der Waals surface area contributed by atoms with Crippen LogP contribution in [0.3, 0.4) is 0 Å². The van der Waals surface area contributed by atoms with Crippen LogP contribution in [0.1, 0.15) is 12.5 Å². The molecule has 8 nitrogen and oxygen atoms in total. The molecule has 4 N–H and O–H groups in total. The Labute approximate surface area is 103 Å². The molecule has 0 unspecified atom stereocenters. The molecular formula is C8H12O8P2. The van der Waals surface area contributed by atoms with Gasteiger partial charge >= 0.3 is 15.6 Å². The van der Waals surface area contributed by atoms with Gasteiger partial charge in [-0.1, -0.05) is 13.0 Å². The molecule has 0 saturated carbocycles. The molecule has 0 bridgehead atoms. The van der Waals surface area contributed by atoms with Gasteiger partial charge in [0.1, 0.15) is 11.5 Å². The summed E-state index contributed by atoms with van der Waals surface area (Å²) in [5, 5.41) is 0. The summed E-state index contributed by atoms with van der Waals surface area (Å²) in [7, 11) is -9.48. The molecule has 0 amide bonds. The van der Waals surface area contributed by atoms with Crippen molar-refractivity contribution >= 4 is 15.6 Å². The van der Waals surface area contributed by atoms with Crippen molar-refractivity contribution < 1.29 is 37.8 Å². The highest BCUT2D eigenvalue weighted by atomic mass is 31.2. The summed E-state index contributed by atoms with van der Waals surface area (Å²) in [6, 6.07) is 3.68. The highest BCUT2D eigenvalue weighted by Gasteiger charge is 2.21. The van der Waals surface area contributed by atoms with Crippen LogP contribution in [-0.4, -0.2) is 19.6 Å². The minimum absolute atomic E-state index is 0.184. The van der Waals surface area contributed by atoms with Crippen molar-refractivity contribution in [3.05, 3.63) is 23.8 Å². The number of hydrogen-bond acceptors (Lipinski definition) is 4. The first-order valence-electron chi connectivity index (χ1n) is 4.74. The van der Waals surface area contributed by atoms with Crippen LogP contribution in [0.15, 0.2) is 18.2 Å². The van der Waals surface area contributed by atoms with Crippen LogP contribution in [0.25, 0.3) is 0 Å². The van der Waals surface area contributed by atoms with E-state index in [1.54, 1.807) is 6.92 Å². The first-order chi connectivity index (χ1) is 8.11. The largest absolute Gasteiger partial charge is 0.524 e. The van der Waals surface area contributed by atoms with E-state index in [4.69, 9.17) is 19.6 Å². The van der Waals surface area contributed by atoms with Crippen LogP contribution >= 0.6 is 15.6 Å². The van der Waals surface area contributed by atoms with Gasteiger partial charge in [0.2, 0.25) is 0 Å². The maximum Gasteiger partial charge on any atom is 0.524 e. The molecule has 18 heavy (non-hydrogen) atoms. The van der Waals surface area contributed by atoms with Gasteiger partial charge in [0.05, 0.1) is 0 Å². The second kappa shape index (κ2) is 5.40. The zero-order valence-electron chi connectivity index (χ0n) is 9.26. The molecule has 10 heteroatoms. The monoisotopic (exact) mass is 298 g/mol. The molecule has 0 fully saturated rings. The predicted octanol–water partition coefficient (Wildman–Crippen LogP) is 1.19. The number of hydrogen-bond donors (Lipinski definition) is 4. The third kappa shape index (κ3) is 5.18. The van der Waals surface area contributed by atoms with E-state index in [0.29, 0.717) is 12.0 Å². The van der Waals surface area contributed by atoms with Crippen molar-refractivity contribution in [3.8, 4) is 11.5 Å². The molecule has 0 atom stereocenters. The highest BCUT2D eigenvalue weighted by Crippen LogP contribution is 2.43. The Morgan fingerprint density at radius 1 is 1.06 bits per heavy atom. The molecule has 102 valence electrons. The minimum atomic E-state index is -4.75. The fourth-order valence-electron chi connectivity index (χ4n) is 1.23. The zero-order valence-corrected chi connectivity index (χ0v) is 11.0. The Balaban J connectivity index is 3.10. The van der Waals surface area contributed by atoms with Crippen LogP contribution < -0.4 is 9.05 Å². The lowest BCUT2D eigenvalue weighted by molar-refractivity contribution is 0.280. The van der Waals surface area contributed by atoms with Crippen LogP contribution in [-0.2, 0) is 15.6 Å². The van der Waals surface area contributed by atoms with Gasteiger partial charge in [-0.2, -0.15) is 0 Å². The molecule has 0 aliphatic rings. The van der Waals surface area contributed by atoms with E-state index in [1.807, 2.05) is 0 Å². The molecular weight excluding hydrogens is 286 g/mol. The summed E-state index contributed by atoms with van der Waals surface area (Å²) in [5.74, 6) is -0.430. The molecule has 1 aromatic carbocycles. The molecule has 0 heterocycles. The summed E-state index contributed by atoms with van der Waals surface area (Å²) in [6.45, 7) is 1.73. The van der Waals surface area contributed by atoms with Gasteiger partial charge < -0.3 is 9.05 Å². The quantitative estimate of drug-likeness (QED) is 0.596. The minimum Gasteiger partial charge on any atom is -0.404 e. The average molecular weight is 298 g/mol. The summed E-state index contributed by atoms with van der Waals surface area (Å²) in [5.41, 5.74) is 0.469. The fraction of sp³-hybridized carbons (Fsp3) is 0.250. The van der Waals surface area contributed by atoms with E-state index in [-0.39, 0.29) is 11.5 Å². The SMILES string of the molecule is CCc1ccc(OP(=O)(O)O)cc1OP(=O)(O)O. The van der Waals surface area contributed by atoms with E-state index in [9.17, 15) is 9.13 Å². The molecule has 0 aromatic heterocycles. The summed E-state index contributed by atoms with van der Waals surface area (Å²) in [6.07, 6.45) is 0.422. The van der Waals surface area contributed by atoms with Crippen LogP contribution in [0, 0.1) is 0 Å². The van der Waals surface area contributed by atoms with Crippen molar-refractivity contribution in [2.45, 2.75) is 13.3 Å². The van der Waals surface area contributed by atoms with Crippen molar-refractivity contribution in [2.24, 2.45) is 0 Å². The van der Waals surface area contributed by atoms with Gasteiger partial charge in [-0.3, -0.25) is 19.6 Å². The third-order valence-electron chi connectivity index (χ3n) is 1.86. The third-order valence-corrected chi connectivity index (χ3v) is 2.74. The van der Waals surface area contributed by atoms with Gasteiger partial charge in [-0.15, -0.1) is 0 Å². The highest BCUT2D eigenvalue weighted by molar-refractivity contribution is 7.47. The van der Waals surface area contributed by atoms with Gasteiger partial charge in [0.25, 0.3) is 0 Å². The summed E-state index contributed by atoms with van der Waals surface area (Å²) < 4.78 is 30.1. The number of rotatable bonds is 5. The fourth-order valence-corrected chi connectivity index (χ4v) is 2.05. The van der Waals surface area contributed by atoms with Gasteiger partial charge in [-0.25, -0.2) is 9.13 Å². The Kier molecular flexibility index (Phi) is 4.55. The molecule has 1 aromatic rings. The number of benzene rings is 1. The average Bonchev–Trinajstić information content (AvgIpc) is 2.12. The van der Waals surface area contributed by atoms with Gasteiger partial charge in [0, 0.05) is 6.07 Å². The van der Waals surface area contributed by atoms with Crippen molar-refractivity contribution in [1.82, 2.24) is 0 Å². The molecule has 1 rings (SSSR count). The summed E-state index contributed by atoms with van der Waals surface area (Å²) in [4.78, 5) is 34.6. The topological polar surface area (TPSA) is 134 Å². The first kappa shape index (κ1) is 15.2. The van der Waals surface area contributed by atoms with Crippen molar-refractivity contribution in [2.75, 3.05) is 0 Å². The normalized spacial score (nSPS) is 12.3. The number of phosphoric acid groups is 2. The maximum absolute atomic E-state index is 10.7. The second-order valence-electron chi connectivity index (χ2n) is 3.29. The molecule has 0 saturated heterocycles. The zero-order chi connectivity index (χ0) is 14.0. The Morgan fingerprint density at radius 2 is 1.61 bits per heavy atom. The van der Waals surface area contributed by atoms with Crippen molar-refractivity contribution in [3.63, 3.8) is 0 Å². The molecule has 0 spiro atoms. The lowest BCUT2D eigenvalue weighted by Crippen LogP contribution is -1.96. The lowest BCUT2D eigenvalue weighted by Gasteiger charge is -2.13. The van der Waals surface area contributed by atoms with E-state index >= 15 is 0 Å². The first-order valence-corrected chi connectivity index (χ1v) is 7.80. The predicted molar refractivity (Wildman–Crippen MR) is 61.2 cm³/mol. The van der Waals surface area contributed by atoms with Crippen LogP contribution in [0.5, 0.6) is 11.5 Å². The van der Waals surface area contributed by atoms with Gasteiger partial charge in [-0.05, 0) is 18.1 Å². The Morgan fingerprint density at radius 3 is 2.06 bits per heavy atom. The van der Waals surface area contributed by atoms with Crippen LogP contribution in [0.2, 0.25) is 0 Å². The van der Waals surface area contributed by atoms with Crippen molar-refractivity contribution in [1.29, 1.82) is 0 Å². The Hall–Kier alpha value is -0.880. The van der Waals surface area contributed by atoms with Gasteiger partial charge in [0.15, 0.2) is 0 Å². The summed E-state index contributed by atoms with van der Waals surface area (Å²) >= 11 is 0. The van der Waals surface area contributed by atoms with E-state index in [0.717, 1.165) is 6.07 Å². The number of phosphoric ester groups is 2. The second-order valence-corrected chi connectivity index (χ2v) is 5.61. The lowest BCUT2D eigenvalue weighted by atomic mass is 10.1. The Bertz CT molecular complexity index is 516. The number of aryl methyl sites for hydroxylation is 1. The van der Waals surface area contributed by atoms with Crippen LogP contribution in [0.4, 0.5) is 0 Å². The molecule has 0 radical (unpaired) electrons. The molecule has 0 aliphatic carbocycles. The maximum atomic E-state index is 10.7. The standard InChI is InChI=1S/C8H12O8P2/c1-2-6-3-4-7(15-17(9,10)11)5-8(6)16-18(12,13)14/h3-5H,2H2,1H3,(H2,9,10,11)(H2,12,13,14). The van der Waals surface area contributed by atoms with E-state index < -0.39 is 15.6 Å². The smallest absolute Gasteiger partial charge is 0.404 e. The van der Waals surface area contributed by atoms with E-state index in [1.165, 1.54) is 12.1 Å².